The molecule has 1 atom stereocenters. The van der Waals surface area contributed by atoms with Crippen LogP contribution in [0.15, 0.2) is 40.4 Å². The van der Waals surface area contributed by atoms with Gasteiger partial charge in [0.05, 0.1) is 0 Å². The van der Waals surface area contributed by atoms with Crippen molar-refractivity contribution in [1.29, 1.82) is 0 Å². The number of benzene rings is 1. The van der Waals surface area contributed by atoms with Crippen LogP contribution in [0.4, 0.5) is 0 Å². The van der Waals surface area contributed by atoms with E-state index in [0.717, 1.165) is 28.5 Å². The van der Waals surface area contributed by atoms with Crippen LogP contribution in [0.2, 0.25) is 0 Å². The van der Waals surface area contributed by atoms with E-state index >= 15 is 0 Å². The van der Waals surface area contributed by atoms with Crippen molar-refractivity contribution in [1.82, 2.24) is 0 Å². The number of rotatable bonds is 2. The molecule has 0 spiro atoms. The Morgan fingerprint density at radius 1 is 1.35 bits per heavy atom. The smallest absolute Gasteiger partial charge is 0.331 e. The summed E-state index contributed by atoms with van der Waals surface area (Å²) in [4.78, 5) is 11.6. The first-order valence-electron chi connectivity index (χ1n) is 5.72. The van der Waals surface area contributed by atoms with Gasteiger partial charge < -0.3 is 4.74 Å². The van der Waals surface area contributed by atoms with Gasteiger partial charge in [0, 0.05) is 17.0 Å². The first-order valence-corrected chi connectivity index (χ1v) is 6.51. The molecule has 0 aliphatic carbocycles. The highest BCUT2D eigenvalue weighted by Crippen LogP contribution is 2.36. The molecule has 0 bridgehead atoms. The Hall–Kier alpha value is -1.09. The van der Waals surface area contributed by atoms with E-state index in [1.807, 2.05) is 31.2 Å². The van der Waals surface area contributed by atoms with Crippen molar-refractivity contribution in [3.8, 4) is 0 Å². The van der Waals surface area contributed by atoms with E-state index in [-0.39, 0.29) is 5.97 Å². The van der Waals surface area contributed by atoms with Crippen LogP contribution in [0.25, 0.3) is 0 Å². The van der Waals surface area contributed by atoms with Gasteiger partial charge in [-0.15, -0.1) is 0 Å². The van der Waals surface area contributed by atoms with Crippen molar-refractivity contribution in [2.45, 2.75) is 32.3 Å². The first kappa shape index (κ1) is 12.4. The zero-order valence-electron chi connectivity index (χ0n) is 10.00. The second-order valence-electron chi connectivity index (χ2n) is 4.49. The number of carbonyl (C=O) groups excluding carboxylic acids is 1. The average molecular weight is 295 g/mol. The van der Waals surface area contributed by atoms with Crippen LogP contribution >= 0.6 is 15.9 Å². The highest BCUT2D eigenvalue weighted by molar-refractivity contribution is 9.10. The maximum atomic E-state index is 11.6. The largest absolute Gasteiger partial charge is 0.451 e. The third kappa shape index (κ3) is 2.60. The molecule has 0 aromatic heterocycles. The molecule has 0 fully saturated rings. The van der Waals surface area contributed by atoms with Crippen LogP contribution in [0.1, 0.15) is 32.3 Å². The van der Waals surface area contributed by atoms with Gasteiger partial charge in [0.2, 0.25) is 0 Å². The maximum Gasteiger partial charge on any atom is 0.331 e. The number of cyclic esters (lactones) is 1. The van der Waals surface area contributed by atoms with Crippen LogP contribution in [0.3, 0.4) is 0 Å². The number of hydrogen-bond donors (Lipinski definition) is 0. The SMILES string of the molecule is CCC1=CC(=O)O[C@](C)(c2ccc(Br)cc2)C1. The fourth-order valence-electron chi connectivity index (χ4n) is 2.13. The van der Waals surface area contributed by atoms with Crippen molar-refractivity contribution in [2.75, 3.05) is 0 Å². The van der Waals surface area contributed by atoms with Crippen molar-refractivity contribution in [2.24, 2.45) is 0 Å². The summed E-state index contributed by atoms with van der Waals surface area (Å²) in [7, 11) is 0. The molecule has 2 rings (SSSR count). The van der Waals surface area contributed by atoms with Crippen molar-refractivity contribution in [3.05, 3.63) is 46.0 Å². The van der Waals surface area contributed by atoms with E-state index in [1.54, 1.807) is 6.08 Å². The van der Waals surface area contributed by atoms with Gasteiger partial charge in [-0.2, -0.15) is 0 Å². The predicted molar refractivity (Wildman–Crippen MR) is 70.6 cm³/mol. The summed E-state index contributed by atoms with van der Waals surface area (Å²) >= 11 is 3.41. The summed E-state index contributed by atoms with van der Waals surface area (Å²) in [6, 6.07) is 7.93. The number of hydrogen-bond acceptors (Lipinski definition) is 2. The fourth-order valence-corrected chi connectivity index (χ4v) is 2.39. The summed E-state index contributed by atoms with van der Waals surface area (Å²) in [5.74, 6) is -0.237. The lowest BCUT2D eigenvalue weighted by Gasteiger charge is -2.33. The van der Waals surface area contributed by atoms with E-state index < -0.39 is 5.60 Å². The summed E-state index contributed by atoms with van der Waals surface area (Å²) in [6.07, 6.45) is 3.28. The Morgan fingerprint density at radius 3 is 2.59 bits per heavy atom. The van der Waals surface area contributed by atoms with Gasteiger partial charge in [0.15, 0.2) is 0 Å². The molecule has 0 unspecified atom stereocenters. The van der Waals surface area contributed by atoms with E-state index in [4.69, 9.17) is 4.74 Å². The zero-order chi connectivity index (χ0) is 12.5. The molecule has 90 valence electrons. The third-order valence-electron chi connectivity index (χ3n) is 3.12. The Balaban J connectivity index is 2.34. The van der Waals surface area contributed by atoms with E-state index in [9.17, 15) is 4.79 Å². The summed E-state index contributed by atoms with van der Waals surface area (Å²) in [5, 5.41) is 0. The van der Waals surface area contributed by atoms with Gasteiger partial charge in [-0.05, 0) is 31.0 Å². The molecule has 0 N–H and O–H groups in total. The highest BCUT2D eigenvalue weighted by atomic mass is 79.9. The van der Waals surface area contributed by atoms with Gasteiger partial charge in [-0.3, -0.25) is 0 Å². The standard InChI is InChI=1S/C14H15BrO2/c1-3-10-8-13(16)17-14(2,9-10)11-4-6-12(15)7-5-11/h4-8H,3,9H2,1-2H3/t14-/m0/s1. The highest BCUT2D eigenvalue weighted by Gasteiger charge is 2.34. The summed E-state index contributed by atoms with van der Waals surface area (Å²) in [5.41, 5.74) is 1.65. The number of carbonyl (C=O) groups is 1. The van der Waals surface area contributed by atoms with Crippen molar-refractivity contribution in [3.63, 3.8) is 0 Å². The minimum absolute atomic E-state index is 0.237. The summed E-state index contributed by atoms with van der Waals surface area (Å²) in [6.45, 7) is 4.03. The quantitative estimate of drug-likeness (QED) is 0.772. The second kappa shape index (κ2) is 4.65. The van der Waals surface area contributed by atoms with Crippen molar-refractivity contribution >= 4 is 21.9 Å². The molecule has 3 heteroatoms. The lowest BCUT2D eigenvalue weighted by molar-refractivity contribution is -0.155. The van der Waals surface area contributed by atoms with Crippen LogP contribution in [-0.4, -0.2) is 5.97 Å². The molecule has 1 aliphatic rings. The Labute approximate surface area is 110 Å². The van der Waals surface area contributed by atoms with Gasteiger partial charge in [-0.25, -0.2) is 4.79 Å². The van der Waals surface area contributed by atoms with Crippen molar-refractivity contribution < 1.29 is 9.53 Å². The lowest BCUT2D eigenvalue weighted by atomic mass is 9.86. The van der Waals surface area contributed by atoms with Crippen LogP contribution in [0, 0.1) is 0 Å². The Kier molecular flexibility index (Phi) is 3.38. The Bertz CT molecular complexity index is 462. The molecule has 0 amide bonds. The van der Waals surface area contributed by atoms with Crippen LogP contribution < -0.4 is 0 Å². The van der Waals surface area contributed by atoms with Crippen LogP contribution in [0.5, 0.6) is 0 Å². The molecule has 1 aromatic rings. The maximum absolute atomic E-state index is 11.6. The predicted octanol–water partition coefficient (Wildman–Crippen LogP) is 3.95. The van der Waals surface area contributed by atoms with E-state index in [2.05, 4.69) is 22.9 Å². The molecule has 1 aromatic carbocycles. The zero-order valence-corrected chi connectivity index (χ0v) is 11.6. The number of ether oxygens (including phenoxy) is 1. The minimum Gasteiger partial charge on any atom is -0.451 e. The topological polar surface area (TPSA) is 26.3 Å². The lowest BCUT2D eigenvalue weighted by Crippen LogP contribution is -2.32. The van der Waals surface area contributed by atoms with Gasteiger partial charge in [0.25, 0.3) is 0 Å². The molecule has 2 nitrogen and oxygen atoms in total. The molecule has 17 heavy (non-hydrogen) atoms. The first-order chi connectivity index (χ1) is 8.03. The number of halogens is 1. The van der Waals surface area contributed by atoms with Gasteiger partial charge >= 0.3 is 5.97 Å². The van der Waals surface area contributed by atoms with E-state index in [0.29, 0.717) is 0 Å². The molecular formula is C14H15BrO2. The Morgan fingerprint density at radius 2 is 2.00 bits per heavy atom. The molecule has 0 radical (unpaired) electrons. The molecular weight excluding hydrogens is 280 g/mol. The van der Waals surface area contributed by atoms with Gasteiger partial charge in [0.1, 0.15) is 5.60 Å². The van der Waals surface area contributed by atoms with Crippen LogP contribution in [-0.2, 0) is 15.1 Å². The number of esters is 1. The fraction of sp³-hybridized carbons (Fsp3) is 0.357. The molecule has 1 heterocycles. The molecule has 0 saturated carbocycles. The monoisotopic (exact) mass is 294 g/mol. The van der Waals surface area contributed by atoms with E-state index in [1.165, 1.54) is 0 Å². The summed E-state index contributed by atoms with van der Waals surface area (Å²) < 4.78 is 6.53. The molecule has 0 saturated heterocycles. The molecule has 1 aliphatic heterocycles. The second-order valence-corrected chi connectivity index (χ2v) is 5.41. The minimum atomic E-state index is -0.530. The van der Waals surface area contributed by atoms with Gasteiger partial charge in [-0.1, -0.05) is 40.6 Å². The normalized spacial score (nSPS) is 24.2. The average Bonchev–Trinajstić information content (AvgIpc) is 2.28. The third-order valence-corrected chi connectivity index (χ3v) is 3.65.